The van der Waals surface area contributed by atoms with E-state index in [-0.39, 0.29) is 5.41 Å². The Morgan fingerprint density at radius 3 is 2.73 bits per heavy atom. The number of nitrogens with zero attached hydrogens (tertiary/aromatic N) is 1. The first-order valence-corrected chi connectivity index (χ1v) is 6.42. The second-order valence-corrected chi connectivity index (χ2v) is 5.69. The monoisotopic (exact) mass is 223 g/mol. The van der Waals surface area contributed by atoms with Gasteiger partial charge in [-0.05, 0) is 19.8 Å². The van der Waals surface area contributed by atoms with Crippen molar-refractivity contribution in [2.24, 2.45) is 5.41 Å². The fourth-order valence-electron chi connectivity index (χ4n) is 2.27. The minimum Gasteiger partial charge on any atom is -0.299 e. The van der Waals surface area contributed by atoms with Gasteiger partial charge in [0, 0.05) is 16.5 Å². The molecule has 1 aliphatic rings. The summed E-state index contributed by atoms with van der Waals surface area (Å²) < 4.78 is 0. The second-order valence-electron chi connectivity index (χ2n) is 4.75. The zero-order valence-electron chi connectivity index (χ0n) is 9.38. The highest BCUT2D eigenvalue weighted by Crippen LogP contribution is 2.39. The van der Waals surface area contributed by atoms with Crippen LogP contribution in [-0.2, 0) is 11.2 Å². The van der Waals surface area contributed by atoms with Gasteiger partial charge in [0.05, 0.1) is 6.42 Å². The lowest BCUT2D eigenvalue weighted by molar-refractivity contribution is -0.126. The summed E-state index contributed by atoms with van der Waals surface area (Å²) in [5.74, 6) is 0.384. The smallest absolute Gasteiger partial charge is 0.145 e. The summed E-state index contributed by atoms with van der Waals surface area (Å²) in [5, 5.41) is 2.99. The highest BCUT2D eigenvalue weighted by molar-refractivity contribution is 7.09. The van der Waals surface area contributed by atoms with E-state index in [9.17, 15) is 4.79 Å². The Kier molecular flexibility index (Phi) is 2.91. The molecular formula is C12H17NOS. The highest BCUT2D eigenvalue weighted by Gasteiger charge is 2.35. The molecule has 0 unspecified atom stereocenters. The number of ketones is 1. The molecule has 0 bridgehead atoms. The SMILES string of the molecule is Cc1csc(CC(=O)C2(C)CCCC2)n1. The third-order valence-corrected chi connectivity index (χ3v) is 4.33. The minimum atomic E-state index is -0.0560. The summed E-state index contributed by atoms with van der Waals surface area (Å²) in [7, 11) is 0. The maximum atomic E-state index is 12.1. The van der Waals surface area contributed by atoms with Gasteiger partial charge >= 0.3 is 0 Å². The van der Waals surface area contributed by atoms with E-state index in [1.807, 2.05) is 12.3 Å². The lowest BCUT2D eigenvalue weighted by Crippen LogP contribution is -2.25. The molecule has 0 aromatic carbocycles. The molecule has 1 aliphatic carbocycles. The number of aromatic nitrogens is 1. The van der Waals surface area contributed by atoms with Crippen molar-refractivity contribution in [1.82, 2.24) is 4.98 Å². The molecule has 1 heterocycles. The van der Waals surface area contributed by atoms with Gasteiger partial charge in [0.25, 0.3) is 0 Å². The Balaban J connectivity index is 2.03. The van der Waals surface area contributed by atoms with Crippen LogP contribution in [0.15, 0.2) is 5.38 Å². The molecule has 0 saturated heterocycles. The molecule has 82 valence electrons. The van der Waals surface area contributed by atoms with Crippen molar-refractivity contribution in [1.29, 1.82) is 0 Å². The van der Waals surface area contributed by atoms with Crippen LogP contribution >= 0.6 is 11.3 Å². The van der Waals surface area contributed by atoms with Crippen LogP contribution in [0.2, 0.25) is 0 Å². The van der Waals surface area contributed by atoms with Gasteiger partial charge in [-0.15, -0.1) is 11.3 Å². The lowest BCUT2D eigenvalue weighted by atomic mass is 9.83. The van der Waals surface area contributed by atoms with Gasteiger partial charge in [-0.2, -0.15) is 0 Å². The van der Waals surface area contributed by atoms with E-state index < -0.39 is 0 Å². The van der Waals surface area contributed by atoms with Gasteiger partial charge < -0.3 is 0 Å². The Morgan fingerprint density at radius 1 is 1.53 bits per heavy atom. The molecule has 0 N–H and O–H groups in total. The third kappa shape index (κ3) is 2.28. The van der Waals surface area contributed by atoms with Crippen molar-refractivity contribution < 1.29 is 4.79 Å². The molecule has 1 fully saturated rings. The molecule has 0 amide bonds. The summed E-state index contributed by atoms with van der Waals surface area (Å²) in [4.78, 5) is 16.5. The van der Waals surface area contributed by atoms with Crippen molar-refractivity contribution in [2.75, 3.05) is 0 Å². The van der Waals surface area contributed by atoms with Crippen molar-refractivity contribution in [3.05, 3.63) is 16.1 Å². The van der Waals surface area contributed by atoms with Crippen LogP contribution in [0.5, 0.6) is 0 Å². The molecule has 1 aromatic heterocycles. The number of Topliss-reactive ketones (excluding diaryl/α,β-unsaturated/α-hetero) is 1. The average molecular weight is 223 g/mol. The summed E-state index contributed by atoms with van der Waals surface area (Å²) in [6.45, 7) is 4.09. The van der Waals surface area contributed by atoms with E-state index >= 15 is 0 Å². The molecule has 3 heteroatoms. The largest absolute Gasteiger partial charge is 0.299 e. The van der Waals surface area contributed by atoms with Gasteiger partial charge in [0.2, 0.25) is 0 Å². The number of rotatable bonds is 3. The normalized spacial score (nSPS) is 19.3. The van der Waals surface area contributed by atoms with Crippen LogP contribution in [0.4, 0.5) is 0 Å². The quantitative estimate of drug-likeness (QED) is 0.788. The lowest BCUT2D eigenvalue weighted by Gasteiger charge is -2.20. The minimum absolute atomic E-state index is 0.0560. The maximum Gasteiger partial charge on any atom is 0.145 e. The number of thiazole rings is 1. The summed E-state index contributed by atoms with van der Waals surface area (Å²) in [6.07, 6.45) is 5.08. The molecule has 0 atom stereocenters. The van der Waals surface area contributed by atoms with E-state index in [2.05, 4.69) is 11.9 Å². The first kappa shape index (κ1) is 10.8. The zero-order valence-corrected chi connectivity index (χ0v) is 10.2. The Hall–Kier alpha value is -0.700. The Morgan fingerprint density at radius 2 is 2.20 bits per heavy atom. The summed E-state index contributed by atoms with van der Waals surface area (Å²) >= 11 is 1.60. The molecule has 0 aliphatic heterocycles. The molecule has 1 aromatic rings. The summed E-state index contributed by atoms with van der Waals surface area (Å²) in [6, 6.07) is 0. The summed E-state index contributed by atoms with van der Waals surface area (Å²) in [5.41, 5.74) is 0.971. The van der Waals surface area contributed by atoms with Gasteiger partial charge in [-0.25, -0.2) is 4.98 Å². The highest BCUT2D eigenvalue weighted by atomic mass is 32.1. The Bertz CT molecular complexity index is 363. The van der Waals surface area contributed by atoms with Crippen molar-refractivity contribution in [3.63, 3.8) is 0 Å². The maximum absolute atomic E-state index is 12.1. The number of carbonyl (C=O) groups excluding carboxylic acids is 1. The third-order valence-electron chi connectivity index (χ3n) is 3.36. The van der Waals surface area contributed by atoms with E-state index in [4.69, 9.17) is 0 Å². The molecule has 0 spiro atoms. The van der Waals surface area contributed by atoms with E-state index in [0.717, 1.165) is 23.5 Å². The fourth-order valence-corrected chi connectivity index (χ4v) is 3.04. The predicted molar refractivity (Wildman–Crippen MR) is 62.1 cm³/mol. The molecule has 1 saturated carbocycles. The molecule has 0 radical (unpaired) electrons. The van der Waals surface area contributed by atoms with Crippen LogP contribution in [0.1, 0.15) is 43.3 Å². The fraction of sp³-hybridized carbons (Fsp3) is 0.667. The van der Waals surface area contributed by atoms with Crippen LogP contribution in [0, 0.1) is 12.3 Å². The van der Waals surface area contributed by atoms with Gasteiger partial charge in [-0.1, -0.05) is 19.8 Å². The van der Waals surface area contributed by atoms with Crippen molar-refractivity contribution in [2.45, 2.75) is 46.0 Å². The second kappa shape index (κ2) is 4.05. The van der Waals surface area contributed by atoms with Crippen LogP contribution in [0.3, 0.4) is 0 Å². The molecule has 2 nitrogen and oxygen atoms in total. The number of hydrogen-bond donors (Lipinski definition) is 0. The van der Waals surface area contributed by atoms with E-state index in [1.54, 1.807) is 11.3 Å². The van der Waals surface area contributed by atoms with E-state index in [0.29, 0.717) is 12.2 Å². The van der Waals surface area contributed by atoms with Crippen LogP contribution in [-0.4, -0.2) is 10.8 Å². The molecule has 2 rings (SSSR count). The first-order chi connectivity index (χ1) is 7.10. The average Bonchev–Trinajstić information content (AvgIpc) is 2.76. The number of carbonyl (C=O) groups is 1. The van der Waals surface area contributed by atoms with Gasteiger partial charge in [-0.3, -0.25) is 4.79 Å². The van der Waals surface area contributed by atoms with Crippen molar-refractivity contribution >= 4 is 17.1 Å². The predicted octanol–water partition coefficient (Wildman–Crippen LogP) is 3.14. The topological polar surface area (TPSA) is 30.0 Å². The van der Waals surface area contributed by atoms with Crippen molar-refractivity contribution in [3.8, 4) is 0 Å². The van der Waals surface area contributed by atoms with Gasteiger partial charge in [0.1, 0.15) is 10.8 Å². The standard InChI is InChI=1S/C12H17NOS/c1-9-8-15-11(13-9)7-10(14)12(2)5-3-4-6-12/h8H,3-7H2,1-2H3. The van der Waals surface area contributed by atoms with Gasteiger partial charge in [0.15, 0.2) is 0 Å². The molecule has 15 heavy (non-hydrogen) atoms. The molecular weight excluding hydrogens is 206 g/mol. The zero-order chi connectivity index (χ0) is 10.9. The number of aryl methyl sites for hydroxylation is 1. The van der Waals surface area contributed by atoms with E-state index in [1.165, 1.54) is 12.8 Å². The number of hydrogen-bond acceptors (Lipinski definition) is 3. The van der Waals surface area contributed by atoms with Crippen LogP contribution < -0.4 is 0 Å². The Labute approximate surface area is 94.7 Å². The van der Waals surface area contributed by atoms with Crippen LogP contribution in [0.25, 0.3) is 0 Å². The first-order valence-electron chi connectivity index (χ1n) is 5.54.